The van der Waals surface area contributed by atoms with E-state index in [2.05, 4.69) is 15.0 Å². The van der Waals surface area contributed by atoms with Gasteiger partial charge in [0.25, 0.3) is 0 Å². The Kier molecular flexibility index (Phi) is 3.91. The third-order valence-electron chi connectivity index (χ3n) is 3.68. The first-order valence-electron chi connectivity index (χ1n) is 6.81. The van der Waals surface area contributed by atoms with Crippen molar-refractivity contribution in [2.45, 2.75) is 37.4 Å². The predicted octanol–water partition coefficient (Wildman–Crippen LogP) is -1.06. The molecule has 4 atom stereocenters. The maximum absolute atomic E-state index is 13.3. The van der Waals surface area contributed by atoms with Gasteiger partial charge in [-0.05, 0) is 12.8 Å². The number of fused-ring (bicyclic) bond motifs is 1. The molecule has 0 unspecified atom stereocenters. The Morgan fingerprint density at radius 3 is 2.82 bits per heavy atom. The van der Waals surface area contributed by atoms with Gasteiger partial charge in [-0.1, -0.05) is 0 Å². The van der Waals surface area contributed by atoms with E-state index in [0.29, 0.717) is 12.8 Å². The highest BCUT2D eigenvalue weighted by molar-refractivity contribution is 5.81. The molecular weight excluding hydrogens is 297 g/mol. The molecule has 120 valence electrons. The number of nitrogens with two attached hydrogens (primary N) is 1. The maximum atomic E-state index is 13.3. The molecule has 22 heavy (non-hydrogen) atoms. The lowest BCUT2D eigenvalue weighted by atomic mass is 10.1. The minimum atomic E-state index is -1.24. The number of hydrogen-bond acceptors (Lipinski definition) is 8. The van der Waals surface area contributed by atoms with Gasteiger partial charge in [0.15, 0.2) is 23.2 Å². The van der Waals surface area contributed by atoms with Crippen LogP contribution in [0.5, 0.6) is 0 Å². The topological polar surface area (TPSA) is 140 Å². The fourth-order valence-electron chi connectivity index (χ4n) is 2.59. The highest BCUT2D eigenvalue weighted by Crippen LogP contribution is 2.33. The van der Waals surface area contributed by atoms with Crippen LogP contribution in [0.1, 0.15) is 19.1 Å². The van der Waals surface area contributed by atoms with Gasteiger partial charge in [0.05, 0.1) is 12.4 Å². The number of anilines is 1. The summed E-state index contributed by atoms with van der Waals surface area (Å²) in [6.45, 7) is -0.0453. The molecule has 1 saturated heterocycles. The Morgan fingerprint density at radius 2 is 2.09 bits per heavy atom. The van der Waals surface area contributed by atoms with Crippen molar-refractivity contribution in [2.75, 3.05) is 12.3 Å². The largest absolute Gasteiger partial charge is 0.396 e. The molecule has 9 nitrogen and oxygen atoms in total. The van der Waals surface area contributed by atoms with Crippen molar-refractivity contribution < 1.29 is 24.4 Å². The van der Waals surface area contributed by atoms with Crippen LogP contribution in [0.3, 0.4) is 0 Å². The maximum Gasteiger partial charge on any atom is 0.312 e. The van der Waals surface area contributed by atoms with Crippen LogP contribution >= 0.6 is 0 Å². The van der Waals surface area contributed by atoms with Gasteiger partial charge >= 0.3 is 6.08 Å². The minimum absolute atomic E-state index is 0.0453. The molecule has 0 spiro atoms. The van der Waals surface area contributed by atoms with Gasteiger partial charge < -0.3 is 25.8 Å². The van der Waals surface area contributed by atoms with E-state index in [0.717, 1.165) is 0 Å². The first-order valence-corrected chi connectivity index (χ1v) is 6.81. The van der Waals surface area contributed by atoms with Crippen LogP contribution in [0, 0.1) is 6.08 Å². The normalized spacial score (nSPS) is 28.5. The van der Waals surface area contributed by atoms with Crippen LogP contribution in [0.4, 0.5) is 10.2 Å². The number of imidazole rings is 1. The van der Waals surface area contributed by atoms with Crippen molar-refractivity contribution in [3.8, 4) is 0 Å². The Balaban J connectivity index is 1.94. The summed E-state index contributed by atoms with van der Waals surface area (Å²) in [5, 5.41) is 29.0. The number of hydrogen-bond donors (Lipinski definition) is 4. The van der Waals surface area contributed by atoms with E-state index >= 15 is 0 Å². The molecule has 10 heteroatoms. The molecular formula is C12H16FN5O4. The van der Waals surface area contributed by atoms with Gasteiger partial charge in [-0.25, -0.2) is 4.98 Å². The van der Waals surface area contributed by atoms with Gasteiger partial charge in [0.2, 0.25) is 0 Å². The molecule has 0 amide bonds. The molecule has 0 aliphatic carbocycles. The Labute approximate surface area is 124 Å². The molecule has 2 aromatic heterocycles. The predicted molar refractivity (Wildman–Crippen MR) is 71.9 cm³/mol. The van der Waals surface area contributed by atoms with Crippen molar-refractivity contribution in [1.29, 1.82) is 0 Å². The molecule has 3 heterocycles. The van der Waals surface area contributed by atoms with Crippen molar-refractivity contribution in [3.63, 3.8) is 0 Å². The molecule has 1 aliphatic rings. The zero-order valence-electron chi connectivity index (χ0n) is 11.5. The Hall–Kier alpha value is -1.88. The van der Waals surface area contributed by atoms with Crippen LogP contribution in [0.15, 0.2) is 6.33 Å². The van der Waals surface area contributed by atoms with E-state index in [1.54, 1.807) is 0 Å². The first-order chi connectivity index (χ1) is 10.5. The number of aliphatic hydroxyl groups is 3. The van der Waals surface area contributed by atoms with Gasteiger partial charge in [0.1, 0.15) is 12.2 Å². The highest BCUT2D eigenvalue weighted by atomic mass is 19.1. The Morgan fingerprint density at radius 1 is 1.32 bits per heavy atom. The van der Waals surface area contributed by atoms with Crippen LogP contribution < -0.4 is 5.73 Å². The van der Waals surface area contributed by atoms with Gasteiger partial charge in [-0.15, -0.1) is 0 Å². The summed E-state index contributed by atoms with van der Waals surface area (Å²) in [7, 11) is 0. The summed E-state index contributed by atoms with van der Waals surface area (Å²) in [6, 6.07) is 0. The lowest BCUT2D eigenvalue weighted by Gasteiger charge is -2.16. The van der Waals surface area contributed by atoms with Crippen LogP contribution in [0.25, 0.3) is 11.2 Å². The number of aliphatic hydroxyl groups excluding tert-OH is 3. The lowest BCUT2D eigenvalue weighted by Crippen LogP contribution is -2.31. The van der Waals surface area contributed by atoms with Crippen molar-refractivity contribution in [3.05, 3.63) is 12.4 Å². The van der Waals surface area contributed by atoms with Crippen molar-refractivity contribution in [2.24, 2.45) is 0 Å². The smallest absolute Gasteiger partial charge is 0.312 e. The summed E-state index contributed by atoms with van der Waals surface area (Å²) < 4.78 is 20.3. The second kappa shape index (κ2) is 5.72. The quantitative estimate of drug-likeness (QED) is 0.524. The van der Waals surface area contributed by atoms with Gasteiger partial charge in [-0.3, -0.25) is 4.57 Å². The average molecular weight is 313 g/mol. The number of aromatic nitrogens is 4. The zero-order valence-corrected chi connectivity index (χ0v) is 11.5. The fraction of sp³-hybridized carbons (Fsp3) is 0.583. The molecule has 1 fully saturated rings. The fourth-order valence-corrected chi connectivity index (χ4v) is 2.59. The number of ether oxygens (including phenoxy) is 1. The minimum Gasteiger partial charge on any atom is -0.396 e. The monoisotopic (exact) mass is 313 g/mol. The van der Waals surface area contributed by atoms with E-state index in [4.69, 9.17) is 15.6 Å². The molecule has 0 saturated carbocycles. The third kappa shape index (κ3) is 2.39. The average Bonchev–Trinajstić information content (AvgIpc) is 3.00. The molecule has 0 bridgehead atoms. The lowest BCUT2D eigenvalue weighted by molar-refractivity contribution is -0.0382. The summed E-state index contributed by atoms with van der Waals surface area (Å²) >= 11 is 0. The second-order valence-corrected chi connectivity index (χ2v) is 5.11. The molecule has 0 aromatic carbocycles. The standard InChI is InChI=1S/C12H16FN5O4/c13-12-16-9(14)6-10(17-12)18(4-15-6)11-8(21)7(20)5(22-11)2-1-3-19/h4-5,7-8,11,19-21H,1-3H2,(H2,14,16,17)/t5-,7-,8+,11-/m1/s1. The third-order valence-corrected chi connectivity index (χ3v) is 3.68. The number of halogens is 1. The van der Waals surface area contributed by atoms with Gasteiger partial charge in [0, 0.05) is 6.61 Å². The molecule has 1 aliphatic heterocycles. The van der Waals surface area contributed by atoms with Crippen LogP contribution in [-0.4, -0.2) is 59.8 Å². The summed E-state index contributed by atoms with van der Waals surface area (Å²) in [5.41, 5.74) is 5.84. The van der Waals surface area contributed by atoms with E-state index in [1.807, 2.05) is 0 Å². The number of rotatable bonds is 4. The highest BCUT2D eigenvalue weighted by Gasteiger charge is 2.43. The molecule has 3 rings (SSSR count). The van der Waals surface area contributed by atoms with E-state index < -0.39 is 30.6 Å². The molecule has 5 N–H and O–H groups in total. The van der Waals surface area contributed by atoms with E-state index in [-0.39, 0.29) is 23.6 Å². The first kappa shape index (κ1) is 15.0. The SMILES string of the molecule is Nc1nc(F)nc2c1ncn2[C@@H]1O[C@H](CCCO)[C@@H](O)[C@@H]1O. The van der Waals surface area contributed by atoms with Crippen molar-refractivity contribution in [1.82, 2.24) is 19.5 Å². The van der Waals surface area contributed by atoms with Crippen LogP contribution in [-0.2, 0) is 4.74 Å². The number of nitrogen functional groups attached to an aromatic ring is 1. The molecule has 2 aromatic rings. The zero-order chi connectivity index (χ0) is 15.9. The van der Waals surface area contributed by atoms with E-state index in [1.165, 1.54) is 10.9 Å². The Bertz CT molecular complexity index is 681. The second-order valence-electron chi connectivity index (χ2n) is 5.11. The summed E-state index contributed by atoms with van der Waals surface area (Å²) in [5.74, 6) is -0.119. The van der Waals surface area contributed by atoms with Crippen molar-refractivity contribution >= 4 is 17.0 Å². The molecule has 0 radical (unpaired) electrons. The summed E-state index contributed by atoms with van der Waals surface area (Å²) in [6.07, 6.45) is -2.90. The summed E-state index contributed by atoms with van der Waals surface area (Å²) in [4.78, 5) is 11.0. The van der Waals surface area contributed by atoms with Gasteiger partial charge in [-0.2, -0.15) is 14.4 Å². The van der Waals surface area contributed by atoms with Crippen LogP contribution in [0.2, 0.25) is 0 Å². The number of nitrogens with zero attached hydrogens (tertiary/aromatic N) is 4. The van der Waals surface area contributed by atoms with E-state index in [9.17, 15) is 14.6 Å².